The third-order valence-electron chi connectivity index (χ3n) is 7.13. The van der Waals surface area contributed by atoms with Crippen LogP contribution in [-0.2, 0) is 37.7 Å². The van der Waals surface area contributed by atoms with Crippen LogP contribution in [0.4, 0.5) is 14.9 Å². The molecule has 0 bridgehead atoms. The number of fused-ring (bicyclic) bond motifs is 2. The number of carbonyl (C=O) groups is 4. The molecule has 5 rings (SSSR count). The Hall–Kier alpha value is -3.83. The summed E-state index contributed by atoms with van der Waals surface area (Å²) in [6, 6.07) is 10.4. The van der Waals surface area contributed by atoms with Gasteiger partial charge in [-0.25, -0.2) is 9.18 Å². The van der Waals surface area contributed by atoms with Crippen LogP contribution in [0.5, 0.6) is 0 Å². The number of Topliss-reactive ketones (excluding diaryl/α,β-unsaturated/α-hetero) is 1. The van der Waals surface area contributed by atoms with Gasteiger partial charge in [0.1, 0.15) is 19.1 Å². The number of amides is 4. The smallest absolute Gasteiger partial charge is 0.318 e. The van der Waals surface area contributed by atoms with Crippen LogP contribution < -0.4 is 16.0 Å². The second-order valence-electron chi connectivity index (χ2n) is 9.43. The normalized spacial score (nSPS) is 22.4. The van der Waals surface area contributed by atoms with Crippen LogP contribution in [0.1, 0.15) is 23.1 Å². The lowest BCUT2D eigenvalue weighted by atomic mass is 9.94. The summed E-state index contributed by atoms with van der Waals surface area (Å²) >= 11 is 0. The summed E-state index contributed by atoms with van der Waals surface area (Å²) in [4.78, 5) is 54.7. The number of benzene rings is 2. The molecule has 2 aliphatic heterocycles. The first kappa shape index (κ1) is 24.8. The third kappa shape index (κ3) is 4.56. The Bertz CT molecular complexity index is 1250. The van der Waals surface area contributed by atoms with Crippen LogP contribution in [0.25, 0.3) is 0 Å². The number of urea groups is 1. The maximum Gasteiger partial charge on any atom is 0.318 e. The Morgan fingerprint density at radius 2 is 2.00 bits per heavy atom. The van der Waals surface area contributed by atoms with Crippen molar-refractivity contribution in [2.45, 2.75) is 31.0 Å². The second kappa shape index (κ2) is 9.91. The van der Waals surface area contributed by atoms with Gasteiger partial charge in [0, 0.05) is 43.9 Å². The summed E-state index contributed by atoms with van der Waals surface area (Å²) in [7, 11) is 1.49. The Balaban J connectivity index is 1.34. The van der Waals surface area contributed by atoms with E-state index in [2.05, 4.69) is 16.0 Å². The summed E-state index contributed by atoms with van der Waals surface area (Å²) in [5.74, 6) is -1.60. The zero-order valence-electron chi connectivity index (χ0n) is 20.4. The van der Waals surface area contributed by atoms with Gasteiger partial charge in [0.25, 0.3) is 5.91 Å². The fourth-order valence-corrected chi connectivity index (χ4v) is 5.20. The summed E-state index contributed by atoms with van der Waals surface area (Å²) in [6.07, 6.45) is 0.746. The maximum atomic E-state index is 13.6. The van der Waals surface area contributed by atoms with Crippen molar-refractivity contribution in [3.8, 4) is 0 Å². The molecular formula is C26H28FN5O5. The fraction of sp³-hybridized carbons (Fsp3) is 0.385. The predicted octanol–water partition coefficient (Wildman–Crippen LogP) is 1.10. The van der Waals surface area contributed by atoms with E-state index in [-0.39, 0.29) is 44.0 Å². The van der Waals surface area contributed by atoms with Gasteiger partial charge in [-0.3, -0.25) is 14.4 Å². The molecule has 2 saturated heterocycles. The predicted molar refractivity (Wildman–Crippen MR) is 131 cm³/mol. The lowest BCUT2D eigenvalue weighted by Gasteiger charge is -2.30. The number of halogens is 1. The number of anilines is 1. The van der Waals surface area contributed by atoms with Crippen molar-refractivity contribution in [1.29, 1.82) is 0 Å². The molecule has 2 aromatic rings. The molecular weight excluding hydrogens is 481 g/mol. The van der Waals surface area contributed by atoms with Crippen LogP contribution >= 0.6 is 0 Å². The van der Waals surface area contributed by atoms with Gasteiger partial charge >= 0.3 is 6.03 Å². The molecule has 2 fully saturated rings. The summed E-state index contributed by atoms with van der Waals surface area (Å²) in [5.41, 5.74) is 0.515. The number of hydrogen-bond donors (Lipinski definition) is 3. The Morgan fingerprint density at radius 1 is 1.22 bits per heavy atom. The standard InChI is InChI=1S/C26H28FN5O5/c1-28-25(36)30-19-6-7-21-17(10-19)11-22(33)26(21)24(35)31(15-37-26)14-23(34)32(20-8-9-29-12-20)13-16-2-4-18(27)5-3-16/h2-7,10,20,29H,8-9,11-15H2,1H3,(H2,28,30,36)/t20-,26-/m1/s1. The van der Waals surface area contributed by atoms with Crippen LogP contribution in [-0.4, -0.2) is 72.9 Å². The minimum atomic E-state index is -1.78. The Kier molecular flexibility index (Phi) is 6.65. The van der Waals surface area contributed by atoms with Crippen molar-refractivity contribution in [2.75, 3.05) is 38.7 Å². The minimum Gasteiger partial charge on any atom is -0.341 e. The number of carbonyl (C=O) groups excluding carboxylic acids is 4. The minimum absolute atomic E-state index is 0.0173. The zero-order valence-corrected chi connectivity index (χ0v) is 20.4. The number of rotatable bonds is 6. The van der Waals surface area contributed by atoms with Gasteiger partial charge in [0.15, 0.2) is 5.78 Å². The lowest BCUT2D eigenvalue weighted by molar-refractivity contribution is -0.149. The van der Waals surface area contributed by atoms with Crippen molar-refractivity contribution >= 4 is 29.3 Å². The Morgan fingerprint density at radius 3 is 2.70 bits per heavy atom. The molecule has 2 atom stereocenters. The SMILES string of the molecule is CNC(=O)Nc1ccc2c(c1)CC(=O)[C@]21OCN(CC(=O)N(Cc2ccc(F)cc2)[C@@H]2CCNC2)C1=O. The van der Waals surface area contributed by atoms with Crippen LogP contribution in [0.3, 0.4) is 0 Å². The second-order valence-corrected chi connectivity index (χ2v) is 9.43. The highest BCUT2D eigenvalue weighted by atomic mass is 19.1. The van der Waals surface area contributed by atoms with Crippen molar-refractivity contribution in [2.24, 2.45) is 0 Å². The molecule has 4 amide bonds. The molecule has 11 heteroatoms. The summed E-state index contributed by atoms with van der Waals surface area (Å²) in [6.45, 7) is 1.25. The zero-order chi connectivity index (χ0) is 26.2. The Labute approximate surface area is 213 Å². The molecule has 3 aliphatic rings. The number of ketones is 1. The highest BCUT2D eigenvalue weighted by Gasteiger charge is 2.59. The molecule has 1 aliphatic carbocycles. The highest BCUT2D eigenvalue weighted by molar-refractivity contribution is 6.15. The van der Waals surface area contributed by atoms with E-state index in [1.165, 1.54) is 24.1 Å². The molecule has 10 nitrogen and oxygen atoms in total. The molecule has 37 heavy (non-hydrogen) atoms. The number of nitrogens with zero attached hydrogens (tertiary/aromatic N) is 2. The first-order chi connectivity index (χ1) is 17.8. The largest absolute Gasteiger partial charge is 0.341 e. The van der Waals surface area contributed by atoms with Gasteiger partial charge in [-0.05, 0) is 48.4 Å². The quantitative estimate of drug-likeness (QED) is 0.502. The van der Waals surface area contributed by atoms with Crippen LogP contribution in [0, 0.1) is 5.82 Å². The molecule has 3 N–H and O–H groups in total. The van der Waals surface area contributed by atoms with Gasteiger partial charge < -0.3 is 30.5 Å². The van der Waals surface area contributed by atoms with Gasteiger partial charge in [-0.2, -0.15) is 0 Å². The van der Waals surface area contributed by atoms with Crippen LogP contribution in [0.15, 0.2) is 42.5 Å². The van der Waals surface area contributed by atoms with Crippen LogP contribution in [0.2, 0.25) is 0 Å². The molecule has 0 saturated carbocycles. The first-order valence-corrected chi connectivity index (χ1v) is 12.1. The van der Waals surface area contributed by atoms with Gasteiger partial charge in [-0.1, -0.05) is 18.2 Å². The monoisotopic (exact) mass is 509 g/mol. The van der Waals surface area contributed by atoms with Crippen molar-refractivity contribution in [3.05, 3.63) is 65.0 Å². The van der Waals surface area contributed by atoms with Crippen molar-refractivity contribution in [3.63, 3.8) is 0 Å². The van der Waals surface area contributed by atoms with E-state index in [1.54, 1.807) is 35.2 Å². The average molecular weight is 510 g/mol. The highest BCUT2D eigenvalue weighted by Crippen LogP contribution is 2.43. The molecule has 2 heterocycles. The van der Waals surface area contributed by atoms with Gasteiger partial charge in [-0.15, -0.1) is 0 Å². The topological polar surface area (TPSA) is 120 Å². The molecule has 2 aromatic carbocycles. The maximum absolute atomic E-state index is 13.6. The van der Waals surface area contributed by atoms with Crippen molar-refractivity contribution in [1.82, 2.24) is 20.4 Å². The molecule has 0 aromatic heterocycles. The number of nitrogens with one attached hydrogen (secondary N) is 3. The average Bonchev–Trinajstić information content (AvgIpc) is 3.59. The van der Waals surface area contributed by atoms with Gasteiger partial charge in [0.05, 0.1) is 0 Å². The van der Waals surface area contributed by atoms with Crippen molar-refractivity contribution < 1.29 is 28.3 Å². The van der Waals surface area contributed by atoms with E-state index >= 15 is 0 Å². The van der Waals surface area contributed by atoms with E-state index in [1.807, 2.05) is 0 Å². The molecule has 0 radical (unpaired) electrons. The number of hydrogen-bond acceptors (Lipinski definition) is 6. The lowest BCUT2D eigenvalue weighted by Crippen LogP contribution is -2.48. The van der Waals surface area contributed by atoms with E-state index < -0.39 is 23.3 Å². The molecule has 194 valence electrons. The van der Waals surface area contributed by atoms with Gasteiger partial charge in [0.2, 0.25) is 11.5 Å². The first-order valence-electron chi connectivity index (χ1n) is 12.1. The summed E-state index contributed by atoms with van der Waals surface area (Å²) < 4.78 is 19.2. The van der Waals surface area contributed by atoms with E-state index in [0.717, 1.165) is 18.5 Å². The molecule has 1 spiro atoms. The van der Waals surface area contributed by atoms with E-state index in [0.29, 0.717) is 23.4 Å². The van der Waals surface area contributed by atoms with E-state index in [9.17, 15) is 23.6 Å². The molecule has 0 unspecified atom stereocenters. The van der Waals surface area contributed by atoms with E-state index in [4.69, 9.17) is 4.74 Å². The summed E-state index contributed by atoms with van der Waals surface area (Å²) in [5, 5.41) is 8.35. The fourth-order valence-electron chi connectivity index (χ4n) is 5.20. The third-order valence-corrected chi connectivity index (χ3v) is 7.13. The number of ether oxygens (including phenoxy) is 1.